The van der Waals surface area contributed by atoms with E-state index in [1.54, 1.807) is 24.4 Å². The molecule has 208 valence electrons. The van der Waals surface area contributed by atoms with E-state index in [2.05, 4.69) is 26.3 Å². The number of carbonyl (C=O) groups is 1. The van der Waals surface area contributed by atoms with Gasteiger partial charge in [-0.05, 0) is 37.8 Å². The number of anilines is 3. The summed E-state index contributed by atoms with van der Waals surface area (Å²) in [5.74, 6) is -0.113. The molecule has 0 aliphatic carbocycles. The van der Waals surface area contributed by atoms with Crippen LogP contribution in [0.25, 0.3) is 0 Å². The number of halogens is 1. The fourth-order valence-electron chi connectivity index (χ4n) is 4.87. The van der Waals surface area contributed by atoms with E-state index in [0.717, 1.165) is 12.8 Å². The third-order valence-electron chi connectivity index (χ3n) is 7.33. The topological polar surface area (TPSA) is 189 Å². The van der Waals surface area contributed by atoms with Crippen LogP contribution in [0.1, 0.15) is 41.9 Å². The van der Waals surface area contributed by atoms with Crippen LogP contribution in [-0.4, -0.2) is 50.2 Å². The van der Waals surface area contributed by atoms with E-state index in [9.17, 15) is 20.0 Å². The van der Waals surface area contributed by atoms with Crippen LogP contribution >= 0.6 is 23.4 Å². The number of nitrogens with zero attached hydrogens (tertiary/aromatic N) is 6. The van der Waals surface area contributed by atoms with Gasteiger partial charge in [-0.2, -0.15) is 10.2 Å². The Hall–Kier alpha value is -3.86. The van der Waals surface area contributed by atoms with Crippen molar-refractivity contribution in [2.75, 3.05) is 35.6 Å². The maximum atomic E-state index is 13.0. The van der Waals surface area contributed by atoms with E-state index in [-0.39, 0.29) is 16.5 Å². The number of hydrogen-bond donors (Lipinski definition) is 4. The minimum atomic E-state index is -0.805. The van der Waals surface area contributed by atoms with Gasteiger partial charge in [0.15, 0.2) is 11.4 Å². The van der Waals surface area contributed by atoms with Crippen LogP contribution in [0.15, 0.2) is 39.1 Å². The van der Waals surface area contributed by atoms with Crippen LogP contribution < -0.4 is 27.2 Å². The predicted octanol–water partition coefficient (Wildman–Crippen LogP) is 2.78. The first-order valence-corrected chi connectivity index (χ1v) is 14.0. The van der Waals surface area contributed by atoms with Gasteiger partial charge >= 0.3 is 0 Å². The lowest BCUT2D eigenvalue weighted by molar-refractivity contribution is 0.102. The van der Waals surface area contributed by atoms with Gasteiger partial charge in [0.25, 0.3) is 11.5 Å². The number of aryl methyl sites for hydroxylation is 1. The maximum Gasteiger partial charge on any atom is 0.270 e. The lowest BCUT2D eigenvalue weighted by Gasteiger charge is -2.37. The van der Waals surface area contributed by atoms with Crippen LogP contribution in [0.5, 0.6) is 5.88 Å². The summed E-state index contributed by atoms with van der Waals surface area (Å²) in [6.45, 7) is 2.01. The first kappa shape index (κ1) is 27.7. The van der Waals surface area contributed by atoms with E-state index in [0.29, 0.717) is 67.0 Å². The molecule has 1 fully saturated rings. The van der Waals surface area contributed by atoms with Crippen molar-refractivity contribution in [2.24, 2.45) is 11.1 Å². The van der Waals surface area contributed by atoms with Crippen LogP contribution in [0.4, 0.5) is 17.3 Å². The Labute approximate surface area is 239 Å². The number of piperidine rings is 1. The standard InChI is InChI=1S/C26H28ClN9O3S/c27-20-15(32-22(37)19-23(38)34-17-6-1-2-9-36(17)25(19)39)4-3-5-16(20)40-24-21(30)33-18(12-31-24)35-10-7-26(13-28,14-29)8-11-35/h3-5,12,38H,1-2,6-11,13,28H2,(H2,30,33)(H,32,37). The molecule has 0 radical (unpaired) electrons. The van der Waals surface area contributed by atoms with Gasteiger partial charge in [0.2, 0.25) is 5.88 Å². The van der Waals surface area contributed by atoms with Crippen LogP contribution in [0.3, 0.4) is 0 Å². The first-order valence-electron chi connectivity index (χ1n) is 12.8. The van der Waals surface area contributed by atoms with Crippen molar-refractivity contribution in [3.8, 4) is 11.9 Å². The molecule has 3 aromatic rings. The lowest BCUT2D eigenvalue weighted by atomic mass is 9.80. The number of fused-ring (bicyclic) bond motifs is 1. The van der Waals surface area contributed by atoms with Gasteiger partial charge in [-0.1, -0.05) is 29.4 Å². The number of amides is 1. The molecule has 6 N–H and O–H groups in total. The summed E-state index contributed by atoms with van der Waals surface area (Å²) in [4.78, 5) is 41.6. The normalized spacial score (nSPS) is 16.2. The van der Waals surface area contributed by atoms with Gasteiger partial charge in [-0.25, -0.2) is 9.97 Å². The molecule has 5 rings (SSSR count). The summed E-state index contributed by atoms with van der Waals surface area (Å²) in [5.41, 5.74) is 10.8. The van der Waals surface area contributed by atoms with Crippen molar-refractivity contribution in [3.63, 3.8) is 0 Å². The number of carbonyl (C=O) groups excluding carboxylic acids is 1. The highest BCUT2D eigenvalue weighted by Crippen LogP contribution is 2.39. The summed E-state index contributed by atoms with van der Waals surface area (Å²) < 4.78 is 1.43. The first-order chi connectivity index (χ1) is 19.2. The Morgan fingerprint density at radius 1 is 1.25 bits per heavy atom. The smallest absolute Gasteiger partial charge is 0.270 e. The summed E-state index contributed by atoms with van der Waals surface area (Å²) in [6, 6.07) is 7.36. The molecule has 0 saturated carbocycles. The highest BCUT2D eigenvalue weighted by Gasteiger charge is 2.34. The molecule has 2 aliphatic rings. The maximum absolute atomic E-state index is 13.0. The SMILES string of the molecule is N#CC1(CN)CCN(c2cnc(Sc3cccc(NC(=O)c4c(O)nc5n(c4=O)CCCC5)c3Cl)c(N)n2)CC1. The van der Waals surface area contributed by atoms with E-state index in [1.807, 2.05) is 4.90 Å². The molecule has 0 spiro atoms. The molecule has 0 unspecified atom stereocenters. The summed E-state index contributed by atoms with van der Waals surface area (Å²) in [7, 11) is 0. The molecule has 1 amide bonds. The quantitative estimate of drug-likeness (QED) is 0.335. The Kier molecular flexibility index (Phi) is 7.84. The zero-order valence-corrected chi connectivity index (χ0v) is 23.1. The van der Waals surface area contributed by atoms with Crippen LogP contribution in [0, 0.1) is 16.7 Å². The van der Waals surface area contributed by atoms with E-state index in [1.165, 1.54) is 16.3 Å². The Bertz CT molecular complexity index is 1560. The van der Waals surface area contributed by atoms with Gasteiger partial charge in [0.1, 0.15) is 16.7 Å². The van der Waals surface area contributed by atoms with Crippen molar-refractivity contribution in [3.05, 3.63) is 51.2 Å². The predicted molar refractivity (Wildman–Crippen MR) is 152 cm³/mol. The van der Waals surface area contributed by atoms with Gasteiger partial charge in [-0.15, -0.1) is 0 Å². The average Bonchev–Trinajstić information content (AvgIpc) is 2.96. The second-order valence-corrected chi connectivity index (χ2v) is 11.2. The molecule has 40 heavy (non-hydrogen) atoms. The third-order valence-corrected chi connectivity index (χ3v) is 8.92. The largest absolute Gasteiger partial charge is 0.493 e. The highest BCUT2D eigenvalue weighted by molar-refractivity contribution is 7.99. The van der Waals surface area contributed by atoms with Crippen LogP contribution in [0.2, 0.25) is 5.02 Å². The number of nitrogens with two attached hydrogens (primary N) is 2. The van der Waals surface area contributed by atoms with E-state index >= 15 is 0 Å². The average molecular weight is 582 g/mol. The van der Waals surface area contributed by atoms with Crippen molar-refractivity contribution < 1.29 is 9.90 Å². The monoisotopic (exact) mass is 581 g/mol. The van der Waals surface area contributed by atoms with E-state index < -0.39 is 28.3 Å². The minimum Gasteiger partial charge on any atom is -0.493 e. The molecule has 0 atom stereocenters. The number of hydrogen-bond acceptors (Lipinski definition) is 11. The molecule has 2 aliphatic heterocycles. The summed E-state index contributed by atoms with van der Waals surface area (Å²) >= 11 is 7.79. The molecule has 1 aromatic carbocycles. The van der Waals surface area contributed by atoms with Gasteiger partial charge in [-0.3, -0.25) is 14.2 Å². The number of nitrogen functional groups attached to an aromatic ring is 1. The lowest BCUT2D eigenvalue weighted by Crippen LogP contribution is -2.43. The third kappa shape index (κ3) is 5.30. The number of aromatic nitrogens is 4. The molecular formula is C26H28ClN9O3S. The fraction of sp³-hybridized carbons (Fsp3) is 0.385. The van der Waals surface area contributed by atoms with Crippen molar-refractivity contribution in [2.45, 2.75) is 48.6 Å². The van der Waals surface area contributed by atoms with Crippen molar-refractivity contribution in [1.29, 1.82) is 5.26 Å². The van der Waals surface area contributed by atoms with Gasteiger partial charge in [0, 0.05) is 37.5 Å². The second-order valence-electron chi connectivity index (χ2n) is 9.82. The Morgan fingerprint density at radius 3 is 2.73 bits per heavy atom. The summed E-state index contributed by atoms with van der Waals surface area (Å²) in [6.07, 6.45) is 5.13. The van der Waals surface area contributed by atoms with Gasteiger partial charge in [0.05, 0.1) is 28.4 Å². The molecule has 2 aromatic heterocycles. The molecule has 14 heteroatoms. The second kappa shape index (κ2) is 11.3. The molecule has 0 bridgehead atoms. The number of nitriles is 1. The molecule has 12 nitrogen and oxygen atoms in total. The van der Waals surface area contributed by atoms with E-state index in [4.69, 9.17) is 23.1 Å². The Morgan fingerprint density at radius 2 is 2.02 bits per heavy atom. The number of aromatic hydroxyl groups is 1. The Balaban J connectivity index is 1.32. The molecule has 4 heterocycles. The highest BCUT2D eigenvalue weighted by atomic mass is 35.5. The number of benzene rings is 1. The fourth-order valence-corrected chi connectivity index (χ4v) is 5.97. The van der Waals surface area contributed by atoms with Gasteiger partial charge < -0.3 is 26.8 Å². The number of rotatable bonds is 6. The minimum absolute atomic E-state index is 0.210. The molecule has 1 saturated heterocycles. The summed E-state index contributed by atoms with van der Waals surface area (Å²) in [5, 5.41) is 23.1. The molecular weight excluding hydrogens is 554 g/mol. The zero-order chi connectivity index (χ0) is 28.4. The number of nitrogens with one attached hydrogen (secondary N) is 1. The van der Waals surface area contributed by atoms with Crippen LogP contribution in [-0.2, 0) is 13.0 Å². The zero-order valence-electron chi connectivity index (χ0n) is 21.6. The van der Waals surface area contributed by atoms with Crippen molar-refractivity contribution in [1.82, 2.24) is 19.5 Å². The van der Waals surface area contributed by atoms with Crippen molar-refractivity contribution >= 4 is 46.6 Å².